The summed E-state index contributed by atoms with van der Waals surface area (Å²) in [6.07, 6.45) is -3.77. The van der Waals surface area contributed by atoms with Crippen molar-refractivity contribution in [1.29, 1.82) is 0 Å². The first-order chi connectivity index (χ1) is 8.84. The number of carbonyl (C=O) groups excluding carboxylic acids is 1. The van der Waals surface area contributed by atoms with Crippen molar-refractivity contribution in [1.82, 2.24) is 0 Å². The molecule has 1 aromatic carbocycles. The number of rotatable bonds is 6. The molecule has 1 atom stereocenters. The summed E-state index contributed by atoms with van der Waals surface area (Å²) in [5.74, 6) is -0.266. The monoisotopic (exact) mass is 275 g/mol. The molecule has 0 saturated carbocycles. The Balaban J connectivity index is 2.63. The third-order valence-corrected chi connectivity index (χ3v) is 2.67. The van der Waals surface area contributed by atoms with E-state index in [4.69, 9.17) is 10.5 Å². The Hall–Kier alpha value is -1.40. The minimum absolute atomic E-state index is 0.0920. The number of methoxy groups -OCH3 is 1. The lowest BCUT2D eigenvalue weighted by Crippen LogP contribution is -2.25. The zero-order chi connectivity index (χ0) is 14.5. The predicted molar refractivity (Wildman–Crippen MR) is 64.9 cm³/mol. The second-order valence-corrected chi connectivity index (χ2v) is 4.24. The Morgan fingerprint density at radius 1 is 1.32 bits per heavy atom. The zero-order valence-electron chi connectivity index (χ0n) is 10.5. The Morgan fingerprint density at radius 2 is 1.89 bits per heavy atom. The van der Waals surface area contributed by atoms with Crippen molar-refractivity contribution in [2.45, 2.75) is 25.1 Å². The lowest BCUT2D eigenvalue weighted by Gasteiger charge is -2.11. The molecule has 0 aromatic heterocycles. The van der Waals surface area contributed by atoms with Crippen LogP contribution < -0.4 is 5.73 Å². The summed E-state index contributed by atoms with van der Waals surface area (Å²) in [7, 11) is 1.53. The van der Waals surface area contributed by atoms with E-state index in [1.165, 1.54) is 19.2 Å². The summed E-state index contributed by atoms with van der Waals surface area (Å²) in [6, 6.07) is 3.79. The highest BCUT2D eigenvalue weighted by atomic mass is 19.4. The summed E-state index contributed by atoms with van der Waals surface area (Å²) in [5, 5.41) is 0. The fraction of sp³-hybridized carbons (Fsp3) is 0.462. The van der Waals surface area contributed by atoms with E-state index < -0.39 is 11.7 Å². The van der Waals surface area contributed by atoms with Crippen LogP contribution in [0.4, 0.5) is 13.2 Å². The summed E-state index contributed by atoms with van der Waals surface area (Å²) >= 11 is 0. The van der Waals surface area contributed by atoms with Crippen LogP contribution >= 0.6 is 0 Å². The van der Waals surface area contributed by atoms with Crippen LogP contribution in [0.5, 0.6) is 0 Å². The first-order valence-corrected chi connectivity index (χ1v) is 5.79. The van der Waals surface area contributed by atoms with Crippen molar-refractivity contribution < 1.29 is 22.7 Å². The molecule has 0 aliphatic rings. The maximum atomic E-state index is 12.4. The smallest absolute Gasteiger partial charge is 0.385 e. The molecule has 1 unspecified atom stereocenters. The van der Waals surface area contributed by atoms with Gasteiger partial charge >= 0.3 is 6.18 Å². The second-order valence-electron chi connectivity index (χ2n) is 4.24. The van der Waals surface area contributed by atoms with Gasteiger partial charge < -0.3 is 10.5 Å². The van der Waals surface area contributed by atoms with E-state index in [1.54, 1.807) is 0 Å². The number of halogens is 3. The van der Waals surface area contributed by atoms with Crippen molar-refractivity contribution in [2.75, 3.05) is 13.7 Å². The molecular formula is C13H16F3NO2. The Kier molecular flexibility index (Phi) is 5.50. The minimum atomic E-state index is -4.39. The van der Waals surface area contributed by atoms with Crippen LogP contribution in [-0.2, 0) is 10.9 Å². The highest BCUT2D eigenvalue weighted by Gasteiger charge is 2.30. The number of nitrogens with two attached hydrogens (primary N) is 1. The van der Waals surface area contributed by atoms with Crippen LogP contribution in [0.3, 0.4) is 0 Å². The molecule has 2 N–H and O–H groups in total. The van der Waals surface area contributed by atoms with E-state index in [9.17, 15) is 18.0 Å². The molecule has 0 heterocycles. The molecule has 0 bridgehead atoms. The van der Waals surface area contributed by atoms with Crippen molar-refractivity contribution >= 4 is 5.78 Å². The van der Waals surface area contributed by atoms with Gasteiger partial charge in [-0.15, -0.1) is 0 Å². The summed E-state index contributed by atoms with van der Waals surface area (Å²) in [5.41, 5.74) is 5.18. The average Bonchev–Trinajstić information content (AvgIpc) is 2.35. The third kappa shape index (κ3) is 5.00. The van der Waals surface area contributed by atoms with Crippen molar-refractivity contribution in [3.05, 3.63) is 35.4 Å². The van der Waals surface area contributed by atoms with Gasteiger partial charge in [-0.25, -0.2) is 0 Å². The number of ketones is 1. The van der Waals surface area contributed by atoms with Crippen LogP contribution in [0, 0.1) is 0 Å². The molecule has 0 spiro atoms. The van der Waals surface area contributed by atoms with Crippen LogP contribution in [0.2, 0.25) is 0 Å². The molecule has 0 aliphatic heterocycles. The molecule has 3 nitrogen and oxygen atoms in total. The standard InChI is InChI=1S/C13H16F3NO2/c1-19-7-6-11(17)8-12(18)9-2-4-10(5-3-9)13(14,15)16/h2-5,11H,6-8,17H2,1H3. The van der Waals surface area contributed by atoms with Crippen LogP contribution in [0.15, 0.2) is 24.3 Å². The van der Waals surface area contributed by atoms with Gasteiger partial charge in [0.1, 0.15) is 0 Å². The number of Topliss-reactive ketones (excluding diaryl/α,β-unsaturated/α-hetero) is 1. The lowest BCUT2D eigenvalue weighted by molar-refractivity contribution is -0.137. The maximum Gasteiger partial charge on any atom is 0.416 e. The van der Waals surface area contributed by atoms with E-state index >= 15 is 0 Å². The van der Waals surface area contributed by atoms with Crippen molar-refractivity contribution in [2.24, 2.45) is 5.73 Å². The number of carbonyl (C=O) groups is 1. The maximum absolute atomic E-state index is 12.4. The lowest BCUT2D eigenvalue weighted by atomic mass is 10.0. The highest BCUT2D eigenvalue weighted by molar-refractivity contribution is 5.96. The largest absolute Gasteiger partial charge is 0.416 e. The average molecular weight is 275 g/mol. The molecule has 1 aromatic rings. The first-order valence-electron chi connectivity index (χ1n) is 5.79. The number of hydrogen-bond donors (Lipinski definition) is 1. The van der Waals surface area contributed by atoms with Gasteiger partial charge in [0, 0.05) is 31.7 Å². The summed E-state index contributed by atoms with van der Waals surface area (Å²) in [6.45, 7) is 0.446. The normalized spacial score (nSPS) is 13.3. The first kappa shape index (κ1) is 15.7. The molecule has 0 saturated heterocycles. The quantitative estimate of drug-likeness (QED) is 0.812. The SMILES string of the molecule is COCCC(N)CC(=O)c1ccc(C(F)(F)F)cc1. The van der Waals surface area contributed by atoms with Crippen LogP contribution in [-0.4, -0.2) is 25.5 Å². The fourth-order valence-corrected chi connectivity index (χ4v) is 1.57. The Labute approximate surface area is 109 Å². The fourth-order valence-electron chi connectivity index (χ4n) is 1.57. The van der Waals surface area contributed by atoms with Gasteiger partial charge in [0.25, 0.3) is 0 Å². The van der Waals surface area contributed by atoms with Gasteiger partial charge in [-0.2, -0.15) is 13.2 Å². The van der Waals surface area contributed by atoms with Gasteiger partial charge in [-0.1, -0.05) is 12.1 Å². The van der Waals surface area contributed by atoms with Gasteiger partial charge in [-0.05, 0) is 18.6 Å². The summed E-state index contributed by atoms with van der Waals surface area (Å²) in [4.78, 5) is 11.8. The molecule has 19 heavy (non-hydrogen) atoms. The molecule has 0 aliphatic carbocycles. The Bertz CT molecular complexity index is 415. The van der Waals surface area contributed by atoms with E-state index in [1.807, 2.05) is 0 Å². The molecule has 1 rings (SSSR count). The highest BCUT2D eigenvalue weighted by Crippen LogP contribution is 2.29. The predicted octanol–water partition coefficient (Wildman–Crippen LogP) is 2.64. The second kappa shape index (κ2) is 6.68. The van der Waals surface area contributed by atoms with E-state index in [0.29, 0.717) is 13.0 Å². The van der Waals surface area contributed by atoms with Gasteiger partial charge in [0.2, 0.25) is 0 Å². The molecule has 6 heteroatoms. The van der Waals surface area contributed by atoms with E-state index in [0.717, 1.165) is 12.1 Å². The van der Waals surface area contributed by atoms with Crippen LogP contribution in [0.1, 0.15) is 28.8 Å². The number of alkyl halides is 3. The van der Waals surface area contributed by atoms with E-state index in [-0.39, 0.29) is 23.8 Å². The van der Waals surface area contributed by atoms with E-state index in [2.05, 4.69) is 0 Å². The third-order valence-electron chi connectivity index (χ3n) is 2.67. The number of benzene rings is 1. The zero-order valence-corrected chi connectivity index (χ0v) is 10.5. The number of ether oxygens (including phenoxy) is 1. The molecule has 0 radical (unpaired) electrons. The van der Waals surface area contributed by atoms with Gasteiger partial charge in [0.15, 0.2) is 5.78 Å². The topological polar surface area (TPSA) is 52.3 Å². The summed E-state index contributed by atoms with van der Waals surface area (Å²) < 4.78 is 41.9. The molecule has 106 valence electrons. The number of hydrogen-bond acceptors (Lipinski definition) is 3. The Morgan fingerprint density at radius 3 is 2.37 bits per heavy atom. The van der Waals surface area contributed by atoms with Gasteiger partial charge in [-0.3, -0.25) is 4.79 Å². The van der Waals surface area contributed by atoms with Crippen molar-refractivity contribution in [3.63, 3.8) is 0 Å². The van der Waals surface area contributed by atoms with Gasteiger partial charge in [0.05, 0.1) is 5.56 Å². The minimum Gasteiger partial charge on any atom is -0.385 e. The molecular weight excluding hydrogens is 259 g/mol. The van der Waals surface area contributed by atoms with Crippen molar-refractivity contribution in [3.8, 4) is 0 Å². The molecule has 0 fully saturated rings. The van der Waals surface area contributed by atoms with Crippen LogP contribution in [0.25, 0.3) is 0 Å². The molecule has 0 amide bonds.